The minimum atomic E-state index is -0.316. The van der Waals surface area contributed by atoms with Gasteiger partial charge in [-0.25, -0.2) is 4.39 Å². The maximum absolute atomic E-state index is 12.9. The Bertz CT molecular complexity index is 303. The third-order valence-electron chi connectivity index (χ3n) is 2.77. The Hall–Kier alpha value is -0.560. The van der Waals surface area contributed by atoms with Crippen LogP contribution in [0, 0.1) is 5.82 Å². The maximum atomic E-state index is 12.9. The summed E-state index contributed by atoms with van der Waals surface area (Å²) in [6.45, 7) is 0. The van der Waals surface area contributed by atoms with Gasteiger partial charge in [0.05, 0.1) is 5.02 Å². The molecule has 0 spiro atoms. The van der Waals surface area contributed by atoms with E-state index in [1.807, 2.05) is 6.07 Å². The van der Waals surface area contributed by atoms with Crippen molar-refractivity contribution in [3.63, 3.8) is 0 Å². The third kappa shape index (κ3) is 1.86. The molecule has 1 aliphatic rings. The Kier molecular flexibility index (Phi) is 2.54. The molecule has 1 aliphatic carbocycles. The van der Waals surface area contributed by atoms with Gasteiger partial charge in [0.2, 0.25) is 0 Å². The number of benzene rings is 1. The summed E-state index contributed by atoms with van der Waals surface area (Å²) in [5.74, 6) is 0.293. The molecule has 1 aromatic rings. The van der Waals surface area contributed by atoms with Crippen molar-refractivity contribution in [2.45, 2.75) is 31.6 Å². The molecule has 0 aliphatic heterocycles. The van der Waals surface area contributed by atoms with Crippen molar-refractivity contribution in [3.05, 3.63) is 34.6 Å². The topological polar surface area (TPSA) is 0 Å². The van der Waals surface area contributed by atoms with Gasteiger partial charge < -0.3 is 0 Å². The Labute approximate surface area is 82.7 Å². The van der Waals surface area contributed by atoms with Gasteiger partial charge in [0.1, 0.15) is 5.82 Å². The van der Waals surface area contributed by atoms with Gasteiger partial charge in [-0.3, -0.25) is 0 Å². The van der Waals surface area contributed by atoms with Crippen LogP contribution in [-0.4, -0.2) is 0 Å². The van der Waals surface area contributed by atoms with Crippen LogP contribution in [0.1, 0.15) is 37.2 Å². The molecule has 0 nitrogen and oxygen atoms in total. The molecule has 2 rings (SSSR count). The molecule has 70 valence electrons. The summed E-state index contributed by atoms with van der Waals surface area (Å²) in [4.78, 5) is 0. The standard InChI is InChI=1S/C11H12ClF/c12-10-7-9(5-6-11(10)13)8-3-1-2-4-8/h5-8H,1-4H2. The summed E-state index contributed by atoms with van der Waals surface area (Å²) in [5, 5.41) is 0.254. The molecule has 13 heavy (non-hydrogen) atoms. The lowest BCUT2D eigenvalue weighted by molar-refractivity contribution is 0.625. The van der Waals surface area contributed by atoms with Crippen LogP contribution in [-0.2, 0) is 0 Å². The molecular formula is C11H12ClF. The average Bonchev–Trinajstić information content (AvgIpc) is 2.62. The third-order valence-corrected chi connectivity index (χ3v) is 3.06. The second-order valence-corrected chi connectivity index (χ2v) is 4.06. The van der Waals surface area contributed by atoms with Crippen LogP contribution in [0.25, 0.3) is 0 Å². The molecule has 0 aromatic heterocycles. The summed E-state index contributed by atoms with van der Waals surface area (Å²) in [6, 6.07) is 5.10. The zero-order valence-electron chi connectivity index (χ0n) is 7.39. The molecule has 0 heterocycles. The fraction of sp³-hybridized carbons (Fsp3) is 0.455. The normalized spacial score (nSPS) is 18.0. The van der Waals surface area contributed by atoms with Crippen LogP contribution in [0.5, 0.6) is 0 Å². The second-order valence-electron chi connectivity index (χ2n) is 3.65. The molecular weight excluding hydrogens is 187 g/mol. The van der Waals surface area contributed by atoms with E-state index < -0.39 is 0 Å². The van der Waals surface area contributed by atoms with Crippen molar-refractivity contribution < 1.29 is 4.39 Å². The first-order valence-electron chi connectivity index (χ1n) is 4.72. The van der Waals surface area contributed by atoms with Gasteiger partial charge in [0.25, 0.3) is 0 Å². The van der Waals surface area contributed by atoms with E-state index >= 15 is 0 Å². The zero-order valence-corrected chi connectivity index (χ0v) is 8.15. The van der Waals surface area contributed by atoms with E-state index in [1.165, 1.54) is 37.3 Å². The van der Waals surface area contributed by atoms with Gasteiger partial charge in [-0.2, -0.15) is 0 Å². The first-order valence-corrected chi connectivity index (χ1v) is 5.10. The van der Waals surface area contributed by atoms with Crippen LogP contribution >= 0.6 is 11.6 Å². The molecule has 0 saturated heterocycles. The van der Waals surface area contributed by atoms with E-state index in [-0.39, 0.29) is 10.8 Å². The molecule has 0 atom stereocenters. The largest absolute Gasteiger partial charge is 0.205 e. The summed E-state index contributed by atoms with van der Waals surface area (Å²) < 4.78 is 12.9. The lowest BCUT2D eigenvalue weighted by Crippen LogP contribution is -1.92. The quantitative estimate of drug-likeness (QED) is 0.637. The molecule has 1 saturated carbocycles. The molecule has 1 fully saturated rings. The van der Waals surface area contributed by atoms with Crippen molar-refractivity contribution in [2.75, 3.05) is 0 Å². The highest BCUT2D eigenvalue weighted by atomic mass is 35.5. The van der Waals surface area contributed by atoms with E-state index in [9.17, 15) is 4.39 Å². The predicted octanol–water partition coefficient (Wildman–Crippen LogP) is 4.14. The smallest absolute Gasteiger partial charge is 0.141 e. The van der Waals surface area contributed by atoms with Crippen LogP contribution in [0.4, 0.5) is 4.39 Å². The van der Waals surface area contributed by atoms with Crippen molar-refractivity contribution in [3.8, 4) is 0 Å². The molecule has 0 amide bonds. The lowest BCUT2D eigenvalue weighted by atomic mass is 9.98. The monoisotopic (exact) mass is 198 g/mol. The summed E-state index contributed by atoms with van der Waals surface area (Å²) in [6.07, 6.45) is 5.03. The molecule has 0 radical (unpaired) electrons. The van der Waals surface area contributed by atoms with Gasteiger partial charge in [-0.05, 0) is 36.5 Å². The Morgan fingerprint density at radius 1 is 1.23 bits per heavy atom. The minimum absolute atomic E-state index is 0.254. The average molecular weight is 199 g/mol. The highest BCUT2D eigenvalue weighted by Crippen LogP contribution is 2.35. The first-order chi connectivity index (χ1) is 6.27. The van der Waals surface area contributed by atoms with E-state index in [0.29, 0.717) is 5.92 Å². The summed E-state index contributed by atoms with van der Waals surface area (Å²) >= 11 is 5.72. The Morgan fingerprint density at radius 2 is 1.92 bits per heavy atom. The fourth-order valence-electron chi connectivity index (χ4n) is 2.03. The van der Waals surface area contributed by atoms with Crippen molar-refractivity contribution in [1.82, 2.24) is 0 Å². The van der Waals surface area contributed by atoms with E-state index in [4.69, 9.17) is 11.6 Å². The van der Waals surface area contributed by atoms with E-state index in [1.54, 1.807) is 6.07 Å². The molecule has 1 aromatic carbocycles. The first kappa shape index (κ1) is 9.01. The highest BCUT2D eigenvalue weighted by molar-refractivity contribution is 6.30. The van der Waals surface area contributed by atoms with E-state index in [0.717, 1.165) is 0 Å². The highest BCUT2D eigenvalue weighted by Gasteiger charge is 2.17. The minimum Gasteiger partial charge on any atom is -0.205 e. The van der Waals surface area contributed by atoms with Crippen molar-refractivity contribution in [1.29, 1.82) is 0 Å². The number of hydrogen-bond acceptors (Lipinski definition) is 0. The molecule has 0 unspecified atom stereocenters. The van der Waals surface area contributed by atoms with Crippen LogP contribution in [0.2, 0.25) is 5.02 Å². The van der Waals surface area contributed by atoms with Gasteiger partial charge in [-0.15, -0.1) is 0 Å². The number of rotatable bonds is 1. The Morgan fingerprint density at radius 3 is 2.54 bits per heavy atom. The predicted molar refractivity (Wildman–Crippen MR) is 52.6 cm³/mol. The second kappa shape index (κ2) is 3.67. The zero-order chi connectivity index (χ0) is 9.26. The van der Waals surface area contributed by atoms with Crippen LogP contribution in [0.3, 0.4) is 0 Å². The molecule has 0 N–H and O–H groups in total. The molecule has 2 heteroatoms. The van der Waals surface area contributed by atoms with Crippen molar-refractivity contribution >= 4 is 11.6 Å². The lowest BCUT2D eigenvalue weighted by Gasteiger charge is -2.09. The fourth-order valence-corrected chi connectivity index (χ4v) is 2.21. The summed E-state index contributed by atoms with van der Waals surface area (Å²) in [5.41, 5.74) is 1.20. The van der Waals surface area contributed by atoms with Gasteiger partial charge in [0.15, 0.2) is 0 Å². The maximum Gasteiger partial charge on any atom is 0.141 e. The Balaban J connectivity index is 2.25. The van der Waals surface area contributed by atoms with E-state index in [2.05, 4.69) is 0 Å². The number of hydrogen-bond donors (Lipinski definition) is 0. The van der Waals surface area contributed by atoms with Gasteiger partial charge in [0, 0.05) is 0 Å². The van der Waals surface area contributed by atoms with Gasteiger partial charge >= 0.3 is 0 Å². The molecule has 0 bridgehead atoms. The SMILES string of the molecule is Fc1ccc(C2CCCC2)cc1Cl. The van der Waals surface area contributed by atoms with Crippen LogP contribution in [0.15, 0.2) is 18.2 Å². The van der Waals surface area contributed by atoms with Crippen LogP contribution < -0.4 is 0 Å². The van der Waals surface area contributed by atoms with Gasteiger partial charge in [-0.1, -0.05) is 30.5 Å². The van der Waals surface area contributed by atoms with Crippen molar-refractivity contribution in [2.24, 2.45) is 0 Å². The number of halogens is 2. The summed E-state index contributed by atoms with van der Waals surface area (Å²) in [7, 11) is 0.